The molecule has 0 aliphatic carbocycles. The molecule has 0 aliphatic heterocycles. The number of esters is 1. The van der Waals surface area contributed by atoms with Gasteiger partial charge in [0.15, 0.2) is 0 Å². The van der Waals surface area contributed by atoms with E-state index in [0.717, 1.165) is 32.5 Å². The van der Waals surface area contributed by atoms with E-state index in [4.69, 9.17) is 4.74 Å². The minimum Gasteiger partial charge on any atom is -0.465 e. The van der Waals surface area contributed by atoms with E-state index in [2.05, 4.69) is 31.0 Å². The van der Waals surface area contributed by atoms with Gasteiger partial charge >= 0.3 is 5.97 Å². The molecule has 4 nitrogen and oxygen atoms in total. The van der Waals surface area contributed by atoms with Crippen LogP contribution >= 0.6 is 0 Å². The number of carbonyl (C=O) groups is 1. The van der Waals surface area contributed by atoms with Crippen LogP contribution in [0.3, 0.4) is 0 Å². The Labute approximate surface area is 112 Å². The SMILES string of the molecule is CCOC(=O)C(C)NC(C)CCCN(CC)CC. The summed E-state index contributed by atoms with van der Waals surface area (Å²) in [4.78, 5) is 13.9. The fourth-order valence-corrected chi connectivity index (χ4v) is 2.01. The summed E-state index contributed by atoms with van der Waals surface area (Å²) in [5.74, 6) is -0.159. The number of hydrogen-bond acceptors (Lipinski definition) is 4. The highest BCUT2D eigenvalue weighted by Gasteiger charge is 2.15. The van der Waals surface area contributed by atoms with Gasteiger partial charge in [-0.05, 0) is 53.2 Å². The van der Waals surface area contributed by atoms with Gasteiger partial charge in [0.25, 0.3) is 0 Å². The molecule has 0 aliphatic rings. The topological polar surface area (TPSA) is 41.6 Å². The van der Waals surface area contributed by atoms with Crippen LogP contribution < -0.4 is 5.32 Å². The molecule has 0 fully saturated rings. The van der Waals surface area contributed by atoms with E-state index in [1.165, 1.54) is 0 Å². The quantitative estimate of drug-likeness (QED) is 0.609. The van der Waals surface area contributed by atoms with Crippen LogP contribution in [-0.4, -0.2) is 49.2 Å². The number of ether oxygens (including phenoxy) is 1. The largest absolute Gasteiger partial charge is 0.465 e. The Kier molecular flexibility index (Phi) is 9.98. The summed E-state index contributed by atoms with van der Waals surface area (Å²) >= 11 is 0. The zero-order valence-electron chi connectivity index (χ0n) is 12.7. The highest BCUT2D eigenvalue weighted by atomic mass is 16.5. The fraction of sp³-hybridized carbons (Fsp3) is 0.929. The van der Waals surface area contributed by atoms with Crippen molar-refractivity contribution in [1.82, 2.24) is 10.2 Å². The van der Waals surface area contributed by atoms with Gasteiger partial charge in [-0.1, -0.05) is 13.8 Å². The number of carbonyl (C=O) groups excluding carboxylic acids is 1. The van der Waals surface area contributed by atoms with Crippen molar-refractivity contribution in [3.63, 3.8) is 0 Å². The molecule has 0 heterocycles. The monoisotopic (exact) mass is 258 g/mol. The van der Waals surface area contributed by atoms with Gasteiger partial charge in [-0.3, -0.25) is 4.79 Å². The molecule has 0 aromatic rings. The van der Waals surface area contributed by atoms with E-state index in [1.807, 2.05) is 13.8 Å². The highest BCUT2D eigenvalue weighted by Crippen LogP contribution is 2.01. The van der Waals surface area contributed by atoms with Crippen molar-refractivity contribution in [2.24, 2.45) is 0 Å². The number of hydrogen-bond donors (Lipinski definition) is 1. The van der Waals surface area contributed by atoms with Crippen molar-refractivity contribution >= 4 is 5.97 Å². The van der Waals surface area contributed by atoms with Crippen molar-refractivity contribution in [2.75, 3.05) is 26.2 Å². The number of nitrogens with zero attached hydrogens (tertiary/aromatic N) is 1. The summed E-state index contributed by atoms with van der Waals surface area (Å²) in [6.07, 6.45) is 2.24. The van der Waals surface area contributed by atoms with Crippen molar-refractivity contribution in [1.29, 1.82) is 0 Å². The van der Waals surface area contributed by atoms with E-state index in [0.29, 0.717) is 12.6 Å². The molecule has 0 aromatic carbocycles. The predicted octanol–water partition coefficient (Wildman–Crippen LogP) is 2.04. The molecule has 108 valence electrons. The second-order valence-corrected chi connectivity index (χ2v) is 4.71. The molecule has 18 heavy (non-hydrogen) atoms. The van der Waals surface area contributed by atoms with Crippen LogP contribution in [0.15, 0.2) is 0 Å². The van der Waals surface area contributed by atoms with E-state index >= 15 is 0 Å². The molecule has 2 unspecified atom stereocenters. The maximum Gasteiger partial charge on any atom is 0.322 e. The Bertz CT molecular complexity index is 218. The van der Waals surface area contributed by atoms with Crippen molar-refractivity contribution < 1.29 is 9.53 Å². The second kappa shape index (κ2) is 10.3. The lowest BCUT2D eigenvalue weighted by Crippen LogP contribution is -2.41. The molecule has 0 bridgehead atoms. The molecule has 0 amide bonds. The fourth-order valence-electron chi connectivity index (χ4n) is 2.01. The van der Waals surface area contributed by atoms with Crippen molar-refractivity contribution in [3.05, 3.63) is 0 Å². The third-order valence-electron chi connectivity index (χ3n) is 3.18. The smallest absolute Gasteiger partial charge is 0.322 e. The van der Waals surface area contributed by atoms with E-state index in [1.54, 1.807) is 0 Å². The lowest BCUT2D eigenvalue weighted by atomic mass is 10.1. The van der Waals surface area contributed by atoms with Gasteiger partial charge in [-0.25, -0.2) is 0 Å². The summed E-state index contributed by atoms with van der Waals surface area (Å²) in [6, 6.07) is 0.133. The minimum atomic E-state index is -0.214. The molecule has 0 aromatic heterocycles. The molecule has 0 saturated heterocycles. The van der Waals surface area contributed by atoms with Crippen LogP contribution in [0.25, 0.3) is 0 Å². The first-order valence-corrected chi connectivity index (χ1v) is 7.20. The van der Waals surface area contributed by atoms with Crippen LogP contribution in [-0.2, 0) is 9.53 Å². The summed E-state index contributed by atoms with van der Waals surface area (Å²) < 4.78 is 4.97. The molecular formula is C14H30N2O2. The third-order valence-corrected chi connectivity index (χ3v) is 3.18. The maximum absolute atomic E-state index is 11.5. The van der Waals surface area contributed by atoms with Gasteiger partial charge in [0.2, 0.25) is 0 Å². The lowest BCUT2D eigenvalue weighted by molar-refractivity contribution is -0.145. The van der Waals surface area contributed by atoms with Gasteiger partial charge in [0.1, 0.15) is 6.04 Å². The Morgan fingerprint density at radius 2 is 1.83 bits per heavy atom. The predicted molar refractivity (Wildman–Crippen MR) is 75.7 cm³/mol. The van der Waals surface area contributed by atoms with Crippen LogP contribution in [0.2, 0.25) is 0 Å². The Morgan fingerprint density at radius 3 is 2.33 bits per heavy atom. The van der Waals surface area contributed by atoms with Crippen LogP contribution in [0.4, 0.5) is 0 Å². The molecule has 4 heteroatoms. The summed E-state index contributed by atoms with van der Waals surface area (Å²) in [5.41, 5.74) is 0. The molecule has 0 spiro atoms. The Balaban J connectivity index is 3.76. The van der Waals surface area contributed by atoms with Gasteiger partial charge in [-0.15, -0.1) is 0 Å². The molecule has 2 atom stereocenters. The first-order chi connectivity index (χ1) is 8.54. The minimum absolute atomic E-state index is 0.159. The second-order valence-electron chi connectivity index (χ2n) is 4.71. The Morgan fingerprint density at radius 1 is 1.22 bits per heavy atom. The van der Waals surface area contributed by atoms with Crippen LogP contribution in [0, 0.1) is 0 Å². The van der Waals surface area contributed by atoms with Gasteiger partial charge in [0.05, 0.1) is 6.61 Å². The van der Waals surface area contributed by atoms with Crippen molar-refractivity contribution in [3.8, 4) is 0 Å². The highest BCUT2D eigenvalue weighted by molar-refractivity contribution is 5.75. The summed E-state index contributed by atoms with van der Waals surface area (Å²) in [6.45, 7) is 14.0. The molecule has 0 radical (unpaired) electrons. The normalized spacial score (nSPS) is 14.6. The zero-order valence-corrected chi connectivity index (χ0v) is 12.7. The Hall–Kier alpha value is -0.610. The first-order valence-electron chi connectivity index (χ1n) is 7.20. The van der Waals surface area contributed by atoms with Gasteiger partial charge in [0, 0.05) is 6.04 Å². The first kappa shape index (κ1) is 17.4. The summed E-state index contributed by atoms with van der Waals surface area (Å²) in [7, 11) is 0. The van der Waals surface area contributed by atoms with Crippen molar-refractivity contribution in [2.45, 2.75) is 59.5 Å². The zero-order chi connectivity index (χ0) is 14.0. The van der Waals surface area contributed by atoms with Gasteiger partial charge in [-0.2, -0.15) is 0 Å². The van der Waals surface area contributed by atoms with E-state index in [9.17, 15) is 4.79 Å². The average Bonchev–Trinajstić information content (AvgIpc) is 2.34. The lowest BCUT2D eigenvalue weighted by Gasteiger charge is -2.21. The summed E-state index contributed by atoms with van der Waals surface area (Å²) in [5, 5.41) is 3.28. The molecule has 0 rings (SSSR count). The van der Waals surface area contributed by atoms with E-state index in [-0.39, 0.29) is 12.0 Å². The number of nitrogens with one attached hydrogen (secondary N) is 1. The third kappa shape index (κ3) is 7.67. The standard InChI is InChI=1S/C14H30N2O2/c1-6-16(7-2)11-9-10-12(4)15-13(5)14(17)18-8-3/h12-13,15H,6-11H2,1-5H3. The van der Waals surface area contributed by atoms with E-state index < -0.39 is 0 Å². The molecule has 1 N–H and O–H groups in total. The average molecular weight is 258 g/mol. The maximum atomic E-state index is 11.5. The van der Waals surface area contributed by atoms with Crippen LogP contribution in [0.5, 0.6) is 0 Å². The number of rotatable bonds is 10. The van der Waals surface area contributed by atoms with Crippen LogP contribution in [0.1, 0.15) is 47.5 Å². The van der Waals surface area contributed by atoms with Gasteiger partial charge < -0.3 is 15.0 Å². The molecular weight excluding hydrogens is 228 g/mol. The molecule has 0 saturated carbocycles.